The molecule has 0 aliphatic carbocycles. The summed E-state index contributed by atoms with van der Waals surface area (Å²) in [5.74, 6) is -0.627. The predicted octanol–water partition coefficient (Wildman–Crippen LogP) is 0.362. The average Bonchev–Trinajstić information content (AvgIpc) is 1.84. The third-order valence-electron chi connectivity index (χ3n) is 1.89. The highest BCUT2D eigenvalue weighted by molar-refractivity contribution is 5.66. The van der Waals surface area contributed by atoms with Crippen LogP contribution in [0.5, 0.6) is 0 Å². The second-order valence-electron chi connectivity index (χ2n) is 2.92. The van der Waals surface area contributed by atoms with Crippen molar-refractivity contribution in [1.29, 1.82) is 0 Å². The molecule has 1 aliphatic rings. The van der Waals surface area contributed by atoms with Gasteiger partial charge in [0.15, 0.2) is 0 Å². The van der Waals surface area contributed by atoms with E-state index in [0.717, 1.165) is 13.1 Å². The summed E-state index contributed by atoms with van der Waals surface area (Å²) < 4.78 is 11.9. The van der Waals surface area contributed by atoms with Crippen LogP contribution in [0.25, 0.3) is 0 Å². The highest BCUT2D eigenvalue weighted by Gasteiger charge is 2.26. The number of carboxylic acid groups (broad SMARTS) is 1. The Morgan fingerprint density at radius 1 is 1.64 bits per heavy atom. The summed E-state index contributed by atoms with van der Waals surface area (Å²) in [5.41, 5.74) is 0. The lowest BCUT2D eigenvalue weighted by molar-refractivity contribution is -0.137. The Bertz CT molecular complexity index is 145. The molecule has 1 saturated heterocycles. The summed E-state index contributed by atoms with van der Waals surface area (Å²) >= 11 is 0. The van der Waals surface area contributed by atoms with Crippen LogP contribution in [0.4, 0.5) is 4.39 Å². The molecule has 64 valence electrons. The van der Waals surface area contributed by atoms with Gasteiger partial charge in [0, 0.05) is 25.6 Å². The van der Waals surface area contributed by atoms with Gasteiger partial charge in [0.2, 0.25) is 0 Å². The van der Waals surface area contributed by atoms with Crippen molar-refractivity contribution >= 4 is 5.97 Å². The van der Waals surface area contributed by atoms with Gasteiger partial charge in [-0.25, -0.2) is 0 Å². The molecule has 0 bridgehead atoms. The summed E-state index contributed by atoms with van der Waals surface area (Å²) in [6.07, 6.45) is 0.166. The standard InChI is InChI=1S/C7H12FNO2/c8-3-6-4-9(5-6)2-1-7(10)11/h6H,1-5H2,(H,10,11). The smallest absolute Gasteiger partial charge is 0.304 e. The number of carboxylic acids is 1. The third-order valence-corrected chi connectivity index (χ3v) is 1.89. The summed E-state index contributed by atoms with van der Waals surface area (Å²) in [6.45, 7) is 1.74. The lowest BCUT2D eigenvalue weighted by Crippen LogP contribution is -2.48. The van der Waals surface area contributed by atoms with E-state index in [-0.39, 0.29) is 19.0 Å². The molecule has 1 N–H and O–H groups in total. The van der Waals surface area contributed by atoms with E-state index in [1.165, 1.54) is 0 Å². The second kappa shape index (κ2) is 3.67. The number of halogens is 1. The van der Waals surface area contributed by atoms with Gasteiger partial charge >= 0.3 is 5.97 Å². The van der Waals surface area contributed by atoms with E-state index in [0.29, 0.717) is 6.54 Å². The van der Waals surface area contributed by atoms with Crippen LogP contribution in [-0.2, 0) is 4.79 Å². The predicted molar refractivity (Wildman–Crippen MR) is 38.2 cm³/mol. The molecule has 0 saturated carbocycles. The van der Waals surface area contributed by atoms with Gasteiger partial charge < -0.3 is 10.0 Å². The van der Waals surface area contributed by atoms with Crippen molar-refractivity contribution in [3.8, 4) is 0 Å². The van der Waals surface area contributed by atoms with Crippen molar-refractivity contribution in [2.45, 2.75) is 6.42 Å². The lowest BCUT2D eigenvalue weighted by atomic mass is 10.0. The molecule has 1 aliphatic heterocycles. The van der Waals surface area contributed by atoms with Crippen LogP contribution in [0.15, 0.2) is 0 Å². The number of hydrogen-bond acceptors (Lipinski definition) is 2. The van der Waals surface area contributed by atoms with E-state index in [2.05, 4.69) is 0 Å². The molecule has 0 spiro atoms. The van der Waals surface area contributed by atoms with Gasteiger partial charge in [0.05, 0.1) is 13.1 Å². The van der Waals surface area contributed by atoms with Crippen LogP contribution in [0.3, 0.4) is 0 Å². The van der Waals surface area contributed by atoms with Gasteiger partial charge in [0.25, 0.3) is 0 Å². The molecule has 0 aromatic carbocycles. The van der Waals surface area contributed by atoms with Crippen LogP contribution in [0, 0.1) is 5.92 Å². The molecular weight excluding hydrogens is 149 g/mol. The first-order valence-electron chi connectivity index (χ1n) is 3.72. The Kier molecular flexibility index (Phi) is 2.82. The fraction of sp³-hybridized carbons (Fsp3) is 0.857. The molecule has 0 radical (unpaired) electrons. The van der Waals surface area contributed by atoms with E-state index in [4.69, 9.17) is 5.11 Å². The number of hydrogen-bond donors (Lipinski definition) is 1. The molecule has 1 rings (SSSR count). The zero-order valence-electron chi connectivity index (χ0n) is 6.29. The topological polar surface area (TPSA) is 40.5 Å². The van der Waals surface area contributed by atoms with E-state index in [1.54, 1.807) is 0 Å². The van der Waals surface area contributed by atoms with Gasteiger partial charge in [-0.15, -0.1) is 0 Å². The zero-order valence-corrected chi connectivity index (χ0v) is 6.29. The van der Waals surface area contributed by atoms with Gasteiger partial charge in [-0.3, -0.25) is 9.18 Å². The first kappa shape index (κ1) is 8.46. The van der Waals surface area contributed by atoms with E-state index in [1.807, 2.05) is 4.90 Å². The van der Waals surface area contributed by atoms with Crippen molar-refractivity contribution in [3.05, 3.63) is 0 Å². The van der Waals surface area contributed by atoms with Crippen LogP contribution in [0.1, 0.15) is 6.42 Å². The normalized spacial score (nSPS) is 19.7. The lowest BCUT2D eigenvalue weighted by Gasteiger charge is -2.37. The zero-order chi connectivity index (χ0) is 8.27. The highest BCUT2D eigenvalue weighted by Crippen LogP contribution is 2.15. The van der Waals surface area contributed by atoms with Gasteiger partial charge in [-0.05, 0) is 0 Å². The molecule has 0 unspecified atom stereocenters. The number of nitrogens with zero attached hydrogens (tertiary/aromatic N) is 1. The summed E-state index contributed by atoms with van der Waals surface area (Å²) in [4.78, 5) is 12.1. The maximum absolute atomic E-state index is 11.9. The third kappa shape index (κ3) is 2.46. The fourth-order valence-corrected chi connectivity index (χ4v) is 1.21. The van der Waals surface area contributed by atoms with Gasteiger partial charge in [-0.2, -0.15) is 0 Å². The van der Waals surface area contributed by atoms with Gasteiger partial charge in [0.1, 0.15) is 0 Å². The molecule has 1 heterocycles. The minimum absolute atomic E-state index is 0.156. The van der Waals surface area contributed by atoms with Crippen LogP contribution in [0.2, 0.25) is 0 Å². The second-order valence-corrected chi connectivity index (χ2v) is 2.92. The molecule has 4 heteroatoms. The first-order valence-corrected chi connectivity index (χ1v) is 3.72. The number of rotatable bonds is 4. The number of aliphatic carboxylic acids is 1. The molecule has 3 nitrogen and oxygen atoms in total. The summed E-state index contributed by atoms with van der Waals surface area (Å²) in [5, 5.41) is 8.30. The fourth-order valence-electron chi connectivity index (χ4n) is 1.21. The van der Waals surface area contributed by atoms with Crippen molar-refractivity contribution in [1.82, 2.24) is 4.90 Å². The Morgan fingerprint density at radius 2 is 2.27 bits per heavy atom. The van der Waals surface area contributed by atoms with Crippen molar-refractivity contribution in [2.24, 2.45) is 5.92 Å². The average molecular weight is 161 g/mol. The van der Waals surface area contributed by atoms with Crippen molar-refractivity contribution in [3.63, 3.8) is 0 Å². The maximum Gasteiger partial charge on any atom is 0.304 e. The highest BCUT2D eigenvalue weighted by atomic mass is 19.1. The number of alkyl halides is 1. The number of carbonyl (C=O) groups is 1. The summed E-state index contributed by atoms with van der Waals surface area (Å²) in [6, 6.07) is 0. The maximum atomic E-state index is 11.9. The molecule has 0 amide bonds. The first-order chi connectivity index (χ1) is 5.22. The van der Waals surface area contributed by atoms with E-state index in [9.17, 15) is 9.18 Å². The Balaban J connectivity index is 2.00. The molecule has 11 heavy (non-hydrogen) atoms. The largest absolute Gasteiger partial charge is 0.481 e. The summed E-state index contributed by atoms with van der Waals surface area (Å²) in [7, 11) is 0. The molecule has 0 atom stereocenters. The minimum Gasteiger partial charge on any atom is -0.481 e. The van der Waals surface area contributed by atoms with Crippen molar-refractivity contribution < 1.29 is 14.3 Å². The SMILES string of the molecule is O=C(O)CCN1CC(CF)C1. The van der Waals surface area contributed by atoms with Gasteiger partial charge in [-0.1, -0.05) is 0 Å². The Labute approximate surface area is 64.8 Å². The monoisotopic (exact) mass is 161 g/mol. The van der Waals surface area contributed by atoms with Crippen LogP contribution in [-0.4, -0.2) is 42.3 Å². The molecule has 0 aromatic rings. The number of likely N-dealkylation sites (tertiary alicyclic amines) is 1. The Morgan fingerprint density at radius 3 is 2.73 bits per heavy atom. The Hall–Kier alpha value is -0.640. The van der Waals surface area contributed by atoms with Crippen LogP contribution < -0.4 is 0 Å². The molecular formula is C7H12FNO2. The minimum atomic E-state index is -0.784. The quantitative estimate of drug-likeness (QED) is 0.647. The molecule has 1 fully saturated rings. The van der Waals surface area contributed by atoms with E-state index >= 15 is 0 Å². The van der Waals surface area contributed by atoms with E-state index < -0.39 is 5.97 Å². The van der Waals surface area contributed by atoms with Crippen LogP contribution >= 0.6 is 0 Å². The van der Waals surface area contributed by atoms with Crippen molar-refractivity contribution in [2.75, 3.05) is 26.3 Å². The molecule has 0 aromatic heterocycles.